The number of nitrogens with two attached hydrogens (primary N) is 1. The first-order valence-electron chi connectivity index (χ1n) is 4.47. The number of nitriles is 1. The molecule has 0 aliphatic rings. The van der Waals surface area contributed by atoms with Crippen LogP contribution in [0.5, 0.6) is 5.75 Å². The first kappa shape index (κ1) is 10.6. The number of phenols is 1. The molecular formula is C11H14N2O. The topological polar surface area (TPSA) is 70.0 Å². The van der Waals surface area contributed by atoms with Crippen LogP contribution >= 0.6 is 0 Å². The Hall–Kier alpha value is -1.53. The van der Waals surface area contributed by atoms with Crippen molar-refractivity contribution in [1.29, 1.82) is 5.26 Å². The van der Waals surface area contributed by atoms with E-state index in [0.717, 1.165) is 11.1 Å². The van der Waals surface area contributed by atoms with Crippen LogP contribution < -0.4 is 5.73 Å². The van der Waals surface area contributed by atoms with Crippen LogP contribution in [0.4, 0.5) is 0 Å². The highest BCUT2D eigenvalue weighted by molar-refractivity contribution is 5.55. The summed E-state index contributed by atoms with van der Waals surface area (Å²) in [5.41, 5.74) is 8.44. The monoisotopic (exact) mass is 190 g/mol. The number of rotatable bonds is 1. The predicted molar refractivity (Wildman–Crippen MR) is 54.9 cm³/mol. The summed E-state index contributed by atoms with van der Waals surface area (Å²) < 4.78 is 0. The molecule has 0 saturated carbocycles. The highest BCUT2D eigenvalue weighted by Crippen LogP contribution is 2.30. The smallest absolute Gasteiger partial charge is 0.138 e. The molecule has 0 aliphatic carbocycles. The Balaban J connectivity index is 3.53. The summed E-state index contributed by atoms with van der Waals surface area (Å²) in [6, 6.07) is 3.56. The third-order valence-corrected chi connectivity index (χ3v) is 2.45. The van der Waals surface area contributed by atoms with Crippen LogP contribution in [0.2, 0.25) is 0 Å². The van der Waals surface area contributed by atoms with Crippen molar-refractivity contribution in [3.8, 4) is 11.8 Å². The lowest BCUT2D eigenvalue weighted by atomic mass is 9.96. The molecule has 0 aliphatic heterocycles. The van der Waals surface area contributed by atoms with Crippen LogP contribution in [-0.2, 0) is 0 Å². The Kier molecular flexibility index (Phi) is 2.78. The zero-order chi connectivity index (χ0) is 10.9. The minimum Gasteiger partial charge on any atom is -0.506 e. The average Bonchev–Trinajstić information content (AvgIpc) is 2.12. The summed E-state index contributed by atoms with van der Waals surface area (Å²) in [6.45, 7) is 5.51. The molecule has 0 spiro atoms. The van der Waals surface area contributed by atoms with E-state index in [9.17, 15) is 5.11 Å². The molecule has 0 radical (unpaired) electrons. The number of benzene rings is 1. The molecule has 1 aromatic rings. The van der Waals surface area contributed by atoms with Gasteiger partial charge in [-0.2, -0.15) is 5.26 Å². The number of aryl methyl sites for hydroxylation is 1. The Morgan fingerprint density at radius 1 is 1.50 bits per heavy atom. The second kappa shape index (κ2) is 3.69. The van der Waals surface area contributed by atoms with Crippen LogP contribution in [-0.4, -0.2) is 5.11 Å². The summed E-state index contributed by atoms with van der Waals surface area (Å²) in [7, 11) is 0. The van der Waals surface area contributed by atoms with Gasteiger partial charge in [0.25, 0.3) is 0 Å². The third kappa shape index (κ3) is 1.57. The summed E-state index contributed by atoms with van der Waals surface area (Å²) in [5, 5.41) is 18.6. The van der Waals surface area contributed by atoms with Crippen LogP contribution in [0.25, 0.3) is 0 Å². The summed E-state index contributed by atoms with van der Waals surface area (Å²) in [4.78, 5) is 0. The van der Waals surface area contributed by atoms with E-state index in [1.54, 1.807) is 6.92 Å². The van der Waals surface area contributed by atoms with Crippen molar-refractivity contribution in [2.24, 2.45) is 5.73 Å². The lowest BCUT2D eigenvalue weighted by molar-refractivity contribution is 0.461. The lowest BCUT2D eigenvalue weighted by Crippen LogP contribution is -2.07. The van der Waals surface area contributed by atoms with E-state index in [0.29, 0.717) is 11.1 Å². The van der Waals surface area contributed by atoms with Gasteiger partial charge in [0.1, 0.15) is 11.8 Å². The van der Waals surface area contributed by atoms with E-state index < -0.39 is 0 Å². The molecule has 14 heavy (non-hydrogen) atoms. The molecule has 0 fully saturated rings. The molecule has 3 nitrogen and oxygen atoms in total. The van der Waals surface area contributed by atoms with Crippen molar-refractivity contribution in [1.82, 2.24) is 0 Å². The molecule has 0 aromatic heterocycles. The van der Waals surface area contributed by atoms with Gasteiger partial charge >= 0.3 is 0 Å². The Morgan fingerprint density at radius 2 is 2.07 bits per heavy atom. The molecule has 1 atom stereocenters. The van der Waals surface area contributed by atoms with Gasteiger partial charge in [0.2, 0.25) is 0 Å². The Morgan fingerprint density at radius 3 is 2.50 bits per heavy atom. The van der Waals surface area contributed by atoms with Gasteiger partial charge < -0.3 is 10.8 Å². The third-order valence-electron chi connectivity index (χ3n) is 2.45. The number of aromatic hydroxyl groups is 1. The number of phenolic OH excluding ortho intramolecular Hbond substituents is 1. The van der Waals surface area contributed by atoms with Gasteiger partial charge in [-0.3, -0.25) is 0 Å². The van der Waals surface area contributed by atoms with Gasteiger partial charge in [0.05, 0.1) is 5.56 Å². The molecule has 3 heteroatoms. The lowest BCUT2D eigenvalue weighted by Gasteiger charge is -2.13. The number of nitrogens with zero attached hydrogens (tertiary/aromatic N) is 1. The van der Waals surface area contributed by atoms with Crippen molar-refractivity contribution in [3.05, 3.63) is 28.3 Å². The van der Waals surface area contributed by atoms with Crippen molar-refractivity contribution in [2.45, 2.75) is 26.8 Å². The Bertz CT molecular complexity index is 403. The largest absolute Gasteiger partial charge is 0.506 e. The van der Waals surface area contributed by atoms with Crippen molar-refractivity contribution >= 4 is 0 Å². The molecule has 0 amide bonds. The van der Waals surface area contributed by atoms with Crippen LogP contribution in [0, 0.1) is 25.2 Å². The molecule has 0 heterocycles. The van der Waals surface area contributed by atoms with Gasteiger partial charge in [-0.15, -0.1) is 0 Å². The second-order valence-electron chi connectivity index (χ2n) is 3.53. The zero-order valence-electron chi connectivity index (χ0n) is 8.63. The Labute approximate surface area is 83.8 Å². The van der Waals surface area contributed by atoms with Crippen LogP contribution in [0.3, 0.4) is 0 Å². The normalized spacial score (nSPS) is 12.2. The van der Waals surface area contributed by atoms with Crippen molar-refractivity contribution < 1.29 is 5.11 Å². The maximum absolute atomic E-state index is 9.76. The van der Waals surface area contributed by atoms with Gasteiger partial charge in [-0.1, -0.05) is 6.07 Å². The minimum atomic E-state index is -0.263. The average molecular weight is 190 g/mol. The fourth-order valence-corrected chi connectivity index (χ4v) is 1.41. The van der Waals surface area contributed by atoms with Crippen molar-refractivity contribution in [2.75, 3.05) is 0 Å². The van der Waals surface area contributed by atoms with E-state index >= 15 is 0 Å². The van der Waals surface area contributed by atoms with Crippen LogP contribution in [0.15, 0.2) is 6.07 Å². The second-order valence-corrected chi connectivity index (χ2v) is 3.53. The molecule has 3 N–H and O–H groups in total. The summed E-state index contributed by atoms with van der Waals surface area (Å²) in [6.07, 6.45) is 0. The standard InChI is InChI=1S/C11H14N2O/c1-6-4-9(8(3)13)11(14)10(5-12)7(6)2/h4,8,14H,13H2,1-3H3/t8-/m1/s1. The maximum atomic E-state index is 9.76. The number of hydrogen-bond donors (Lipinski definition) is 2. The van der Waals surface area contributed by atoms with Gasteiger partial charge in [0, 0.05) is 11.6 Å². The molecular weight excluding hydrogens is 176 g/mol. The quantitative estimate of drug-likeness (QED) is 0.710. The molecule has 1 rings (SSSR count). The minimum absolute atomic E-state index is 0.0191. The highest BCUT2D eigenvalue weighted by Gasteiger charge is 2.14. The molecule has 74 valence electrons. The molecule has 0 saturated heterocycles. The first-order valence-corrected chi connectivity index (χ1v) is 4.47. The van der Waals surface area contributed by atoms with E-state index in [1.807, 2.05) is 26.0 Å². The fraction of sp³-hybridized carbons (Fsp3) is 0.364. The van der Waals surface area contributed by atoms with Gasteiger partial charge in [0.15, 0.2) is 0 Å². The van der Waals surface area contributed by atoms with E-state index in [2.05, 4.69) is 0 Å². The van der Waals surface area contributed by atoms with Crippen LogP contribution in [0.1, 0.15) is 35.2 Å². The van der Waals surface area contributed by atoms with E-state index in [4.69, 9.17) is 11.0 Å². The zero-order valence-corrected chi connectivity index (χ0v) is 8.63. The molecule has 0 unspecified atom stereocenters. The van der Waals surface area contributed by atoms with E-state index in [1.165, 1.54) is 0 Å². The maximum Gasteiger partial charge on any atom is 0.138 e. The van der Waals surface area contributed by atoms with E-state index in [-0.39, 0.29) is 11.8 Å². The van der Waals surface area contributed by atoms with Gasteiger partial charge in [-0.05, 0) is 31.9 Å². The SMILES string of the molecule is Cc1cc([C@@H](C)N)c(O)c(C#N)c1C. The predicted octanol–water partition coefficient (Wildman–Crippen LogP) is 1.90. The van der Waals surface area contributed by atoms with Gasteiger partial charge in [-0.25, -0.2) is 0 Å². The fourth-order valence-electron chi connectivity index (χ4n) is 1.41. The summed E-state index contributed by atoms with van der Waals surface area (Å²) in [5.74, 6) is 0.0191. The first-order chi connectivity index (χ1) is 6.49. The summed E-state index contributed by atoms with van der Waals surface area (Å²) >= 11 is 0. The molecule has 0 bridgehead atoms. The highest BCUT2D eigenvalue weighted by atomic mass is 16.3. The van der Waals surface area contributed by atoms with Crippen molar-refractivity contribution in [3.63, 3.8) is 0 Å². The number of hydrogen-bond acceptors (Lipinski definition) is 3. The molecule has 1 aromatic carbocycles.